The Morgan fingerprint density at radius 1 is 1.16 bits per heavy atom. The van der Waals surface area contributed by atoms with E-state index >= 15 is 0 Å². The first-order valence-corrected chi connectivity index (χ1v) is 9.52. The summed E-state index contributed by atoms with van der Waals surface area (Å²) in [6.07, 6.45) is 11.8. The van der Waals surface area contributed by atoms with Crippen LogP contribution in [0.2, 0.25) is 0 Å². The highest BCUT2D eigenvalue weighted by Gasteiger charge is 2.12. The van der Waals surface area contributed by atoms with Crippen molar-refractivity contribution < 1.29 is 9.53 Å². The Bertz CT molecular complexity index is 821. The van der Waals surface area contributed by atoms with E-state index in [-0.39, 0.29) is 0 Å². The minimum atomic E-state index is 0.405. The minimum Gasteiger partial charge on any atom is -0.496 e. The number of methoxy groups -OCH3 is 1. The Kier molecular flexibility index (Phi) is 5.83. The second kappa shape index (κ2) is 8.27. The van der Waals surface area contributed by atoms with E-state index < -0.39 is 0 Å². The second-order valence-corrected chi connectivity index (χ2v) is 7.71. The van der Waals surface area contributed by atoms with E-state index in [1.54, 1.807) is 7.11 Å². The van der Waals surface area contributed by atoms with Crippen molar-refractivity contribution in [2.24, 2.45) is 5.92 Å². The molecule has 3 heteroatoms. The van der Waals surface area contributed by atoms with Crippen molar-refractivity contribution >= 4 is 25.5 Å². The molecule has 1 aliphatic carbocycles. The Morgan fingerprint density at radius 2 is 2.04 bits per heavy atom. The molecule has 0 bridgehead atoms. The smallest absolute Gasteiger partial charge is 0.150 e. The lowest BCUT2D eigenvalue weighted by atomic mass is 9.93. The molecule has 25 heavy (non-hydrogen) atoms. The van der Waals surface area contributed by atoms with Crippen LogP contribution in [-0.2, 0) is 6.42 Å². The molecule has 0 aliphatic heterocycles. The van der Waals surface area contributed by atoms with Crippen molar-refractivity contribution in [3.63, 3.8) is 0 Å². The zero-order chi connectivity index (χ0) is 17.6. The molecule has 0 amide bonds. The number of allylic oxidation sites excluding steroid dienone is 4. The van der Waals surface area contributed by atoms with Gasteiger partial charge in [-0.15, -0.1) is 0 Å². The first-order valence-electron chi connectivity index (χ1n) is 8.52. The normalized spacial score (nSPS) is 16.5. The van der Waals surface area contributed by atoms with Crippen LogP contribution in [0.5, 0.6) is 5.75 Å². The molecule has 0 saturated carbocycles. The maximum absolute atomic E-state index is 11.4. The molecular weight excluding hydrogens is 327 g/mol. The third-order valence-electron chi connectivity index (χ3n) is 4.43. The molecule has 0 aromatic heterocycles. The van der Waals surface area contributed by atoms with Gasteiger partial charge in [0.25, 0.3) is 0 Å². The quantitative estimate of drug-likeness (QED) is 0.579. The largest absolute Gasteiger partial charge is 0.496 e. The number of rotatable bonds is 6. The standard InChI is InChI=1S/C22H23O2P/c1-16-8-11-21(19(12-16)15-23)25-22-14-18(9-10-20(22)24-2)13-17-6-4-3-5-7-17/h3-6,8-12,14-15,17,25H,7,13H2,1-2H3. The van der Waals surface area contributed by atoms with E-state index in [0.29, 0.717) is 14.5 Å². The Morgan fingerprint density at radius 3 is 2.76 bits per heavy atom. The lowest BCUT2D eigenvalue weighted by Gasteiger charge is -2.16. The number of aldehydes is 1. The van der Waals surface area contributed by atoms with Gasteiger partial charge >= 0.3 is 0 Å². The SMILES string of the molecule is COc1ccc(CC2C=CC=CC2)cc1Pc1ccc(C)cc1C=O. The molecule has 2 aromatic carbocycles. The maximum Gasteiger partial charge on any atom is 0.150 e. The van der Waals surface area contributed by atoms with E-state index in [0.717, 1.165) is 46.6 Å². The lowest BCUT2D eigenvalue weighted by Crippen LogP contribution is -2.12. The van der Waals surface area contributed by atoms with Crippen molar-refractivity contribution in [1.82, 2.24) is 0 Å². The minimum absolute atomic E-state index is 0.405. The van der Waals surface area contributed by atoms with E-state index in [2.05, 4.69) is 54.6 Å². The molecule has 2 aromatic rings. The van der Waals surface area contributed by atoms with Crippen molar-refractivity contribution in [3.05, 3.63) is 77.4 Å². The molecule has 2 nitrogen and oxygen atoms in total. The molecule has 0 heterocycles. The van der Waals surface area contributed by atoms with Crippen LogP contribution in [-0.4, -0.2) is 13.4 Å². The molecule has 0 fully saturated rings. The van der Waals surface area contributed by atoms with E-state index in [1.807, 2.05) is 13.0 Å². The first kappa shape index (κ1) is 17.6. The summed E-state index contributed by atoms with van der Waals surface area (Å²) in [6.45, 7) is 2.01. The summed E-state index contributed by atoms with van der Waals surface area (Å²) in [7, 11) is 2.11. The monoisotopic (exact) mass is 350 g/mol. The first-order chi connectivity index (χ1) is 12.2. The van der Waals surface area contributed by atoms with Crippen LogP contribution in [0.15, 0.2) is 60.7 Å². The van der Waals surface area contributed by atoms with Crippen molar-refractivity contribution in [2.45, 2.75) is 19.8 Å². The summed E-state index contributed by atoms with van der Waals surface area (Å²) in [5, 5.41) is 2.22. The number of hydrogen-bond donors (Lipinski definition) is 0. The highest BCUT2D eigenvalue weighted by Crippen LogP contribution is 2.24. The summed E-state index contributed by atoms with van der Waals surface area (Å²) in [5.41, 5.74) is 3.19. The molecule has 1 aliphatic rings. The summed E-state index contributed by atoms with van der Waals surface area (Å²) in [5.74, 6) is 1.44. The topological polar surface area (TPSA) is 26.3 Å². The van der Waals surface area contributed by atoms with Crippen molar-refractivity contribution in [2.75, 3.05) is 7.11 Å². The van der Waals surface area contributed by atoms with Gasteiger partial charge < -0.3 is 4.74 Å². The number of aryl methyl sites for hydroxylation is 1. The zero-order valence-electron chi connectivity index (χ0n) is 14.7. The summed E-state index contributed by atoms with van der Waals surface area (Å²) in [4.78, 5) is 11.4. The molecular formula is C22H23O2P. The van der Waals surface area contributed by atoms with Crippen LogP contribution in [0.3, 0.4) is 0 Å². The molecule has 0 radical (unpaired) electrons. The number of benzene rings is 2. The van der Waals surface area contributed by atoms with E-state index in [4.69, 9.17) is 4.74 Å². The Labute approximate surface area is 151 Å². The predicted molar refractivity (Wildman–Crippen MR) is 107 cm³/mol. The van der Waals surface area contributed by atoms with Gasteiger partial charge in [0.15, 0.2) is 6.29 Å². The molecule has 128 valence electrons. The van der Waals surface area contributed by atoms with Gasteiger partial charge in [-0.05, 0) is 54.8 Å². The molecule has 0 spiro atoms. The van der Waals surface area contributed by atoms with Crippen molar-refractivity contribution in [3.8, 4) is 5.75 Å². The average Bonchev–Trinajstić information content (AvgIpc) is 2.64. The molecule has 2 atom stereocenters. The predicted octanol–water partition coefficient (Wildman–Crippen LogP) is 4.12. The summed E-state index contributed by atoms with van der Waals surface area (Å²) >= 11 is 0. The number of carbonyl (C=O) groups excluding carboxylic acids is 1. The lowest BCUT2D eigenvalue weighted by molar-refractivity contribution is 0.112. The maximum atomic E-state index is 11.4. The fraction of sp³-hybridized carbons (Fsp3) is 0.227. The Hall–Kier alpha value is -2.18. The second-order valence-electron chi connectivity index (χ2n) is 6.38. The zero-order valence-corrected chi connectivity index (χ0v) is 15.7. The van der Waals surface area contributed by atoms with Gasteiger partial charge in [-0.2, -0.15) is 0 Å². The third-order valence-corrected chi connectivity index (χ3v) is 5.82. The van der Waals surface area contributed by atoms with E-state index in [1.165, 1.54) is 5.56 Å². The van der Waals surface area contributed by atoms with Gasteiger partial charge in [-0.25, -0.2) is 0 Å². The fourth-order valence-electron chi connectivity index (χ4n) is 3.10. The van der Waals surface area contributed by atoms with E-state index in [9.17, 15) is 4.79 Å². The molecule has 0 N–H and O–H groups in total. The van der Waals surface area contributed by atoms with Gasteiger partial charge in [-0.3, -0.25) is 4.79 Å². The Balaban J connectivity index is 1.86. The van der Waals surface area contributed by atoms with Gasteiger partial charge in [0.2, 0.25) is 0 Å². The van der Waals surface area contributed by atoms with Crippen LogP contribution < -0.4 is 15.3 Å². The van der Waals surface area contributed by atoms with Gasteiger partial charge in [0.05, 0.1) is 7.11 Å². The summed E-state index contributed by atoms with van der Waals surface area (Å²) < 4.78 is 5.55. The highest BCUT2D eigenvalue weighted by molar-refractivity contribution is 7.56. The van der Waals surface area contributed by atoms with Crippen LogP contribution in [0, 0.1) is 12.8 Å². The van der Waals surface area contributed by atoms with Gasteiger partial charge in [0, 0.05) is 10.9 Å². The van der Waals surface area contributed by atoms with Crippen LogP contribution in [0.25, 0.3) is 0 Å². The fourth-order valence-corrected chi connectivity index (χ4v) is 4.40. The average molecular weight is 350 g/mol. The number of hydrogen-bond acceptors (Lipinski definition) is 2. The molecule has 2 unspecified atom stereocenters. The van der Waals surface area contributed by atoms with Gasteiger partial charge in [-0.1, -0.05) is 56.6 Å². The van der Waals surface area contributed by atoms with Gasteiger partial charge in [0.1, 0.15) is 5.75 Å². The number of carbonyl (C=O) groups is 1. The third kappa shape index (κ3) is 4.46. The van der Waals surface area contributed by atoms with Crippen LogP contribution in [0.1, 0.15) is 27.9 Å². The summed E-state index contributed by atoms with van der Waals surface area (Å²) in [6, 6.07) is 12.5. The van der Waals surface area contributed by atoms with Crippen LogP contribution >= 0.6 is 8.58 Å². The molecule has 3 rings (SSSR count). The number of ether oxygens (including phenoxy) is 1. The highest BCUT2D eigenvalue weighted by atomic mass is 31.1. The van der Waals surface area contributed by atoms with Crippen LogP contribution in [0.4, 0.5) is 0 Å². The molecule has 0 saturated heterocycles. The van der Waals surface area contributed by atoms with Crippen molar-refractivity contribution in [1.29, 1.82) is 0 Å².